The molecule has 126 valence electrons. The van der Waals surface area contributed by atoms with Crippen molar-refractivity contribution >= 4 is 5.91 Å². The van der Waals surface area contributed by atoms with Crippen LogP contribution < -0.4 is 0 Å². The van der Waals surface area contributed by atoms with Crippen molar-refractivity contribution in [3.8, 4) is 0 Å². The Morgan fingerprint density at radius 3 is 2.87 bits per heavy atom. The molecule has 0 bridgehead atoms. The van der Waals surface area contributed by atoms with Crippen molar-refractivity contribution in [1.82, 2.24) is 4.90 Å². The van der Waals surface area contributed by atoms with Crippen molar-refractivity contribution in [2.45, 2.75) is 31.6 Å². The topological polar surface area (TPSA) is 48.0 Å². The number of hydrogen-bond acceptors (Lipinski definition) is 4. The van der Waals surface area contributed by atoms with E-state index < -0.39 is 6.10 Å². The molecule has 0 radical (unpaired) electrons. The van der Waals surface area contributed by atoms with E-state index >= 15 is 0 Å². The summed E-state index contributed by atoms with van der Waals surface area (Å²) in [6.07, 6.45) is 1.40. The maximum absolute atomic E-state index is 13.4. The van der Waals surface area contributed by atoms with E-state index in [1.807, 2.05) is 6.07 Å². The summed E-state index contributed by atoms with van der Waals surface area (Å²) in [6.45, 7) is 2.77. The highest BCUT2D eigenvalue weighted by atomic mass is 19.1. The number of rotatable bonds is 5. The molecule has 1 amide bonds. The van der Waals surface area contributed by atoms with Crippen molar-refractivity contribution in [3.63, 3.8) is 0 Å². The molecule has 1 aromatic carbocycles. The number of amides is 1. The van der Waals surface area contributed by atoms with Gasteiger partial charge in [0.15, 0.2) is 6.10 Å². The Balaban J connectivity index is 1.70. The predicted molar refractivity (Wildman–Crippen MR) is 81.4 cm³/mol. The Labute approximate surface area is 135 Å². The Kier molecular flexibility index (Phi) is 5.59. The SMILES string of the molecule is O=C([C@H]1COCCO1)N(Cc1cccc(F)c1)C[C@H]1CCCO1. The highest BCUT2D eigenvalue weighted by Crippen LogP contribution is 2.17. The van der Waals surface area contributed by atoms with Gasteiger partial charge in [-0.25, -0.2) is 4.39 Å². The second-order valence-corrected chi connectivity index (χ2v) is 5.92. The predicted octanol–water partition coefficient (Wildman–Crippen LogP) is 1.75. The fourth-order valence-corrected chi connectivity index (χ4v) is 2.96. The molecule has 2 fully saturated rings. The number of halogens is 1. The highest BCUT2D eigenvalue weighted by Gasteiger charge is 2.30. The number of hydrogen-bond donors (Lipinski definition) is 0. The lowest BCUT2D eigenvalue weighted by Crippen LogP contribution is -2.47. The fraction of sp³-hybridized carbons (Fsp3) is 0.588. The summed E-state index contributed by atoms with van der Waals surface area (Å²) < 4.78 is 29.9. The van der Waals surface area contributed by atoms with Crippen LogP contribution >= 0.6 is 0 Å². The first-order valence-corrected chi connectivity index (χ1v) is 8.06. The van der Waals surface area contributed by atoms with E-state index in [-0.39, 0.29) is 24.4 Å². The van der Waals surface area contributed by atoms with Gasteiger partial charge in [0, 0.05) is 19.7 Å². The van der Waals surface area contributed by atoms with E-state index in [9.17, 15) is 9.18 Å². The Morgan fingerprint density at radius 1 is 1.26 bits per heavy atom. The van der Waals surface area contributed by atoms with Gasteiger partial charge in [-0.05, 0) is 30.5 Å². The van der Waals surface area contributed by atoms with Crippen LogP contribution in [0.4, 0.5) is 4.39 Å². The molecule has 0 spiro atoms. The van der Waals surface area contributed by atoms with Crippen molar-refractivity contribution in [2.75, 3.05) is 33.0 Å². The Hall–Kier alpha value is -1.50. The van der Waals surface area contributed by atoms with Gasteiger partial charge in [-0.2, -0.15) is 0 Å². The maximum Gasteiger partial charge on any atom is 0.254 e. The number of carbonyl (C=O) groups excluding carboxylic acids is 1. The van der Waals surface area contributed by atoms with E-state index in [1.54, 1.807) is 11.0 Å². The van der Waals surface area contributed by atoms with Crippen LogP contribution in [0.3, 0.4) is 0 Å². The molecule has 0 N–H and O–H groups in total. The largest absolute Gasteiger partial charge is 0.376 e. The third kappa shape index (κ3) is 4.50. The van der Waals surface area contributed by atoms with E-state index in [0.29, 0.717) is 26.3 Å². The Morgan fingerprint density at radius 2 is 2.17 bits per heavy atom. The summed E-state index contributed by atoms with van der Waals surface area (Å²) in [5.41, 5.74) is 0.757. The average molecular weight is 323 g/mol. The van der Waals surface area contributed by atoms with Crippen LogP contribution in [0.1, 0.15) is 18.4 Å². The number of nitrogens with zero attached hydrogens (tertiary/aromatic N) is 1. The molecule has 23 heavy (non-hydrogen) atoms. The number of benzene rings is 1. The van der Waals surface area contributed by atoms with Crippen molar-refractivity contribution in [3.05, 3.63) is 35.6 Å². The summed E-state index contributed by atoms with van der Waals surface area (Å²) in [4.78, 5) is 14.4. The van der Waals surface area contributed by atoms with Crippen molar-refractivity contribution < 1.29 is 23.4 Å². The molecule has 2 heterocycles. The van der Waals surface area contributed by atoms with Crippen LogP contribution in [0.2, 0.25) is 0 Å². The van der Waals surface area contributed by atoms with Gasteiger partial charge in [0.2, 0.25) is 0 Å². The van der Waals surface area contributed by atoms with Crippen LogP contribution in [0.5, 0.6) is 0 Å². The molecule has 2 saturated heterocycles. The first-order chi connectivity index (χ1) is 11.2. The lowest BCUT2D eigenvalue weighted by Gasteiger charge is -2.31. The van der Waals surface area contributed by atoms with Gasteiger partial charge in [-0.3, -0.25) is 4.79 Å². The maximum atomic E-state index is 13.4. The van der Waals surface area contributed by atoms with Crippen molar-refractivity contribution in [2.24, 2.45) is 0 Å². The van der Waals surface area contributed by atoms with Gasteiger partial charge in [0.1, 0.15) is 5.82 Å². The van der Waals surface area contributed by atoms with Gasteiger partial charge in [0.05, 0.1) is 25.9 Å². The van der Waals surface area contributed by atoms with Gasteiger partial charge in [-0.15, -0.1) is 0 Å². The highest BCUT2D eigenvalue weighted by molar-refractivity contribution is 5.81. The monoisotopic (exact) mass is 323 g/mol. The molecule has 2 atom stereocenters. The zero-order valence-electron chi connectivity index (χ0n) is 13.1. The van der Waals surface area contributed by atoms with Crippen LogP contribution in [0.15, 0.2) is 24.3 Å². The fourth-order valence-electron chi connectivity index (χ4n) is 2.96. The molecule has 0 aromatic heterocycles. The molecule has 2 aliphatic heterocycles. The second-order valence-electron chi connectivity index (χ2n) is 5.92. The molecule has 6 heteroatoms. The minimum Gasteiger partial charge on any atom is -0.376 e. The molecule has 0 saturated carbocycles. The summed E-state index contributed by atoms with van der Waals surface area (Å²) >= 11 is 0. The third-order valence-electron chi connectivity index (χ3n) is 4.11. The van der Waals surface area contributed by atoms with Gasteiger partial charge < -0.3 is 19.1 Å². The standard InChI is InChI=1S/C17H22FNO4/c18-14-4-1-3-13(9-14)10-19(11-15-5-2-6-22-15)17(20)16-12-21-7-8-23-16/h1,3-4,9,15-16H,2,5-8,10-12H2/t15-,16-/m1/s1. The van der Waals surface area contributed by atoms with Crippen molar-refractivity contribution in [1.29, 1.82) is 0 Å². The summed E-state index contributed by atoms with van der Waals surface area (Å²) in [6, 6.07) is 6.32. The summed E-state index contributed by atoms with van der Waals surface area (Å²) in [7, 11) is 0. The third-order valence-corrected chi connectivity index (χ3v) is 4.11. The van der Waals surface area contributed by atoms with Gasteiger partial charge in [-0.1, -0.05) is 12.1 Å². The molecule has 0 aliphatic carbocycles. The van der Waals surface area contributed by atoms with E-state index in [4.69, 9.17) is 14.2 Å². The number of ether oxygens (including phenoxy) is 3. The lowest BCUT2D eigenvalue weighted by molar-refractivity contribution is -0.160. The molecule has 3 rings (SSSR count). The van der Waals surface area contributed by atoms with Crippen LogP contribution in [-0.2, 0) is 25.5 Å². The first kappa shape index (κ1) is 16.4. The quantitative estimate of drug-likeness (QED) is 0.828. The summed E-state index contributed by atoms with van der Waals surface area (Å²) in [5.74, 6) is -0.422. The average Bonchev–Trinajstić information content (AvgIpc) is 3.07. The molecule has 5 nitrogen and oxygen atoms in total. The molecule has 0 unspecified atom stereocenters. The van der Waals surface area contributed by atoms with E-state index in [1.165, 1.54) is 12.1 Å². The lowest BCUT2D eigenvalue weighted by atomic mass is 10.1. The zero-order valence-corrected chi connectivity index (χ0v) is 13.1. The Bertz CT molecular complexity index is 527. The minimum atomic E-state index is -0.585. The summed E-state index contributed by atoms with van der Waals surface area (Å²) in [5, 5.41) is 0. The second kappa shape index (κ2) is 7.86. The molecule has 1 aromatic rings. The van der Waals surface area contributed by atoms with Gasteiger partial charge in [0.25, 0.3) is 5.91 Å². The smallest absolute Gasteiger partial charge is 0.254 e. The zero-order chi connectivity index (χ0) is 16.1. The molecular weight excluding hydrogens is 301 g/mol. The number of carbonyl (C=O) groups is 1. The molecule has 2 aliphatic rings. The minimum absolute atomic E-state index is 0.0389. The first-order valence-electron chi connectivity index (χ1n) is 8.06. The van der Waals surface area contributed by atoms with E-state index in [2.05, 4.69) is 0 Å². The normalized spacial score (nSPS) is 24.6. The molecular formula is C17H22FNO4. The van der Waals surface area contributed by atoms with Crippen LogP contribution in [-0.4, -0.2) is 56.0 Å². The van der Waals surface area contributed by atoms with E-state index in [0.717, 1.165) is 25.0 Å². The van der Waals surface area contributed by atoms with Crippen LogP contribution in [0.25, 0.3) is 0 Å². The van der Waals surface area contributed by atoms with Crippen LogP contribution in [0, 0.1) is 5.82 Å². The van der Waals surface area contributed by atoms with Gasteiger partial charge >= 0.3 is 0 Å².